The Labute approximate surface area is 190 Å². The number of alkyl halides is 3. The van der Waals surface area contributed by atoms with Crippen LogP contribution in [0.4, 0.5) is 24.5 Å². The van der Waals surface area contributed by atoms with E-state index in [1.807, 2.05) is 32.0 Å². The number of rotatable bonds is 6. The summed E-state index contributed by atoms with van der Waals surface area (Å²) in [6.07, 6.45) is -3.31. The Kier molecular flexibility index (Phi) is 6.83. The minimum atomic E-state index is -4.45. The molecule has 33 heavy (non-hydrogen) atoms. The molecular formula is C24H23F3N2O3S. The van der Waals surface area contributed by atoms with Crippen molar-refractivity contribution in [2.24, 2.45) is 0 Å². The number of aryl methyl sites for hydroxylation is 2. The third kappa shape index (κ3) is 6.13. The average Bonchev–Trinajstić information content (AvgIpc) is 2.73. The highest BCUT2D eigenvalue weighted by molar-refractivity contribution is 7.92. The number of hydrogen-bond acceptors (Lipinski definition) is 3. The summed E-state index contributed by atoms with van der Waals surface area (Å²) in [6, 6.07) is 16.1. The molecule has 1 amide bonds. The predicted octanol–water partition coefficient (Wildman–Crippen LogP) is 5.54. The van der Waals surface area contributed by atoms with Gasteiger partial charge in [-0.2, -0.15) is 13.2 Å². The van der Waals surface area contributed by atoms with Crippen LogP contribution in [0.25, 0.3) is 0 Å². The Balaban J connectivity index is 1.76. The number of carbonyl (C=O) groups is 1. The zero-order valence-electron chi connectivity index (χ0n) is 18.3. The summed E-state index contributed by atoms with van der Waals surface area (Å²) in [5.41, 5.74) is 2.72. The van der Waals surface area contributed by atoms with Crippen molar-refractivity contribution in [1.29, 1.82) is 0 Å². The Morgan fingerprint density at radius 1 is 0.939 bits per heavy atom. The van der Waals surface area contributed by atoms with Crippen molar-refractivity contribution in [3.8, 4) is 0 Å². The van der Waals surface area contributed by atoms with Gasteiger partial charge in [-0.15, -0.1) is 0 Å². The van der Waals surface area contributed by atoms with E-state index >= 15 is 0 Å². The topological polar surface area (TPSA) is 66.5 Å². The molecule has 0 bridgehead atoms. The maximum atomic E-state index is 12.7. The molecule has 0 aliphatic heterocycles. The first-order valence-corrected chi connectivity index (χ1v) is 11.8. The van der Waals surface area contributed by atoms with Gasteiger partial charge in [-0.25, -0.2) is 8.42 Å². The number of sulfonamides is 1. The monoisotopic (exact) mass is 476 g/mol. The molecule has 5 nitrogen and oxygen atoms in total. The standard InChI is InChI=1S/C24H23F3N2O3S/c1-16-4-5-17(2)22(14-16)29(33(3,31)32)15-18-6-8-19(9-7-18)23(30)28-21-12-10-20(11-13-21)24(25,26)27/h4-14H,15H2,1-3H3,(H,28,30). The first-order chi connectivity index (χ1) is 15.3. The van der Waals surface area contributed by atoms with E-state index < -0.39 is 27.7 Å². The van der Waals surface area contributed by atoms with Gasteiger partial charge in [-0.05, 0) is 73.0 Å². The van der Waals surface area contributed by atoms with E-state index in [-0.39, 0.29) is 17.8 Å². The van der Waals surface area contributed by atoms with Crippen LogP contribution in [0.15, 0.2) is 66.7 Å². The van der Waals surface area contributed by atoms with Crippen molar-refractivity contribution in [2.75, 3.05) is 15.9 Å². The van der Waals surface area contributed by atoms with Crippen molar-refractivity contribution in [3.63, 3.8) is 0 Å². The molecular weight excluding hydrogens is 453 g/mol. The third-order valence-corrected chi connectivity index (χ3v) is 6.17. The van der Waals surface area contributed by atoms with Gasteiger partial charge < -0.3 is 5.32 Å². The van der Waals surface area contributed by atoms with Crippen molar-refractivity contribution in [2.45, 2.75) is 26.6 Å². The molecule has 1 N–H and O–H groups in total. The van der Waals surface area contributed by atoms with Crippen LogP contribution in [0.5, 0.6) is 0 Å². The number of nitrogens with one attached hydrogen (secondary N) is 1. The average molecular weight is 477 g/mol. The summed E-state index contributed by atoms with van der Waals surface area (Å²) >= 11 is 0. The second-order valence-electron chi connectivity index (χ2n) is 7.79. The molecule has 3 rings (SSSR count). The molecule has 0 heterocycles. The van der Waals surface area contributed by atoms with Gasteiger partial charge >= 0.3 is 6.18 Å². The quantitative estimate of drug-likeness (QED) is 0.508. The minimum absolute atomic E-state index is 0.0872. The van der Waals surface area contributed by atoms with E-state index in [0.717, 1.165) is 29.5 Å². The summed E-state index contributed by atoms with van der Waals surface area (Å²) in [5, 5.41) is 2.55. The number of hydrogen-bond donors (Lipinski definition) is 1. The lowest BCUT2D eigenvalue weighted by Gasteiger charge is -2.25. The minimum Gasteiger partial charge on any atom is -0.322 e. The van der Waals surface area contributed by atoms with Crippen LogP contribution in [0.3, 0.4) is 0 Å². The van der Waals surface area contributed by atoms with Crippen molar-refractivity contribution < 1.29 is 26.4 Å². The maximum absolute atomic E-state index is 12.7. The number of halogens is 3. The third-order valence-electron chi connectivity index (χ3n) is 5.05. The summed E-state index contributed by atoms with van der Waals surface area (Å²) in [7, 11) is -3.56. The van der Waals surface area contributed by atoms with Gasteiger partial charge in [-0.1, -0.05) is 24.3 Å². The van der Waals surface area contributed by atoms with Gasteiger partial charge in [0.05, 0.1) is 24.1 Å². The molecule has 0 saturated carbocycles. The number of benzene rings is 3. The maximum Gasteiger partial charge on any atom is 0.416 e. The zero-order chi connectivity index (χ0) is 24.4. The molecule has 0 saturated heterocycles. The second kappa shape index (κ2) is 9.27. The molecule has 3 aromatic carbocycles. The Bertz CT molecular complexity index is 1250. The molecule has 0 unspecified atom stereocenters. The number of nitrogens with zero attached hydrogens (tertiary/aromatic N) is 1. The SMILES string of the molecule is Cc1ccc(C)c(N(Cc2ccc(C(=O)Nc3ccc(C(F)(F)F)cc3)cc2)S(C)(=O)=O)c1. The van der Waals surface area contributed by atoms with E-state index in [1.165, 1.54) is 28.6 Å². The molecule has 0 fully saturated rings. The van der Waals surface area contributed by atoms with Crippen LogP contribution in [0.1, 0.15) is 32.6 Å². The molecule has 174 valence electrons. The smallest absolute Gasteiger partial charge is 0.322 e. The van der Waals surface area contributed by atoms with Gasteiger partial charge in [0.25, 0.3) is 5.91 Å². The fourth-order valence-electron chi connectivity index (χ4n) is 3.24. The van der Waals surface area contributed by atoms with Gasteiger partial charge in [-0.3, -0.25) is 9.10 Å². The van der Waals surface area contributed by atoms with Crippen molar-refractivity contribution in [3.05, 3.63) is 94.5 Å². The fourth-order valence-corrected chi connectivity index (χ4v) is 4.18. The number of anilines is 2. The van der Waals surface area contributed by atoms with Crippen LogP contribution < -0.4 is 9.62 Å². The molecule has 0 spiro atoms. The van der Waals surface area contributed by atoms with Crippen LogP contribution in [-0.4, -0.2) is 20.6 Å². The van der Waals surface area contributed by atoms with E-state index in [9.17, 15) is 26.4 Å². The largest absolute Gasteiger partial charge is 0.416 e. The Hall–Kier alpha value is -3.33. The molecule has 0 aliphatic carbocycles. The lowest BCUT2D eigenvalue weighted by atomic mass is 10.1. The molecule has 0 aliphatic rings. The van der Waals surface area contributed by atoms with E-state index in [4.69, 9.17) is 0 Å². The summed E-state index contributed by atoms with van der Waals surface area (Å²) in [4.78, 5) is 12.5. The Morgan fingerprint density at radius 2 is 1.55 bits per heavy atom. The zero-order valence-corrected chi connectivity index (χ0v) is 19.1. The summed E-state index contributed by atoms with van der Waals surface area (Å²) < 4.78 is 64.2. The van der Waals surface area contributed by atoms with Crippen molar-refractivity contribution in [1.82, 2.24) is 0 Å². The van der Waals surface area contributed by atoms with Gasteiger partial charge in [0.15, 0.2) is 0 Å². The fraction of sp³-hybridized carbons (Fsp3) is 0.208. The van der Waals surface area contributed by atoms with Crippen LogP contribution in [-0.2, 0) is 22.7 Å². The molecule has 0 aromatic heterocycles. The lowest BCUT2D eigenvalue weighted by molar-refractivity contribution is -0.137. The van der Waals surface area contributed by atoms with Crippen molar-refractivity contribution >= 4 is 27.3 Å². The molecule has 3 aromatic rings. The predicted molar refractivity (Wildman–Crippen MR) is 123 cm³/mol. The Morgan fingerprint density at radius 3 is 2.09 bits per heavy atom. The summed E-state index contributed by atoms with van der Waals surface area (Å²) in [5.74, 6) is -0.490. The highest BCUT2D eigenvalue weighted by Crippen LogP contribution is 2.30. The first kappa shape index (κ1) is 24.3. The van der Waals surface area contributed by atoms with Crippen LogP contribution in [0, 0.1) is 13.8 Å². The van der Waals surface area contributed by atoms with E-state index in [1.54, 1.807) is 12.1 Å². The second-order valence-corrected chi connectivity index (χ2v) is 9.69. The number of carbonyl (C=O) groups excluding carboxylic acids is 1. The highest BCUT2D eigenvalue weighted by atomic mass is 32.2. The lowest BCUT2D eigenvalue weighted by Crippen LogP contribution is -2.30. The highest BCUT2D eigenvalue weighted by Gasteiger charge is 2.30. The van der Waals surface area contributed by atoms with E-state index in [2.05, 4.69) is 5.32 Å². The molecule has 0 radical (unpaired) electrons. The number of amides is 1. The van der Waals surface area contributed by atoms with Gasteiger partial charge in [0, 0.05) is 11.3 Å². The van der Waals surface area contributed by atoms with E-state index in [0.29, 0.717) is 11.3 Å². The normalized spacial score (nSPS) is 11.8. The van der Waals surface area contributed by atoms with Crippen LogP contribution in [0.2, 0.25) is 0 Å². The van der Waals surface area contributed by atoms with Gasteiger partial charge in [0.1, 0.15) is 0 Å². The molecule has 0 atom stereocenters. The van der Waals surface area contributed by atoms with Gasteiger partial charge in [0.2, 0.25) is 10.0 Å². The first-order valence-electron chi connectivity index (χ1n) is 9.97. The molecule has 9 heteroatoms. The summed E-state index contributed by atoms with van der Waals surface area (Å²) in [6.45, 7) is 3.80. The van der Waals surface area contributed by atoms with Crippen LogP contribution >= 0.6 is 0 Å².